The van der Waals surface area contributed by atoms with Gasteiger partial charge in [0.15, 0.2) is 0 Å². The molecular formula is C32H8F28N4. The van der Waals surface area contributed by atoms with Crippen molar-refractivity contribution >= 4 is 22.8 Å². The minimum absolute atomic E-state index is 0.527. The van der Waals surface area contributed by atoms with Crippen molar-refractivity contribution in [2.75, 3.05) is 0 Å². The number of fused-ring (bicyclic) bond motifs is 4. The Morgan fingerprint density at radius 2 is 0.359 bits per heavy atom. The van der Waals surface area contributed by atoms with Gasteiger partial charge in [0, 0.05) is 0 Å². The monoisotopic (exact) mass is 980 g/mol. The molecule has 0 aromatic rings. The molecule has 5 aliphatic rings. The summed E-state index contributed by atoms with van der Waals surface area (Å²) < 4.78 is 402. The zero-order chi connectivity index (χ0) is 49.4. The summed E-state index contributed by atoms with van der Waals surface area (Å²) in [4.78, 5) is 10.4. The van der Waals surface area contributed by atoms with Crippen molar-refractivity contribution in [1.29, 1.82) is 0 Å². The molecule has 4 nitrogen and oxygen atoms in total. The highest BCUT2D eigenvalue weighted by atomic mass is 19.5. The van der Waals surface area contributed by atoms with Gasteiger partial charge in [-0.15, -0.1) is 0 Å². The SMILES string of the molecule is FC(F)(F)C(F)(F)C(F)(F)C1=C2C=CC(=N2)C(C(F)(F)C(F)(F)C(F)(F)F)=C2C=CC(=N2)C(C(F)(F)C(F)(F)C(F)(F)F)=C2C=CC(=N2)C(C(F)(F)C(F)(F)C(F)(F)F)=C2C=CC1=N2. The van der Waals surface area contributed by atoms with Crippen LogP contribution in [-0.2, 0) is 0 Å². The lowest BCUT2D eigenvalue weighted by Crippen LogP contribution is -2.54. The van der Waals surface area contributed by atoms with Crippen molar-refractivity contribution in [3.63, 3.8) is 0 Å². The summed E-state index contributed by atoms with van der Waals surface area (Å²) in [6.07, 6.45) is -34.1. The van der Waals surface area contributed by atoms with Crippen molar-refractivity contribution < 1.29 is 123 Å². The Balaban J connectivity index is 2.09. The molecule has 0 amide bonds. The van der Waals surface area contributed by atoms with E-state index in [2.05, 4.69) is 20.0 Å². The van der Waals surface area contributed by atoms with Crippen LogP contribution in [0, 0.1) is 0 Å². The average molecular weight is 980 g/mol. The van der Waals surface area contributed by atoms with Crippen molar-refractivity contribution in [1.82, 2.24) is 0 Å². The van der Waals surface area contributed by atoms with Crippen LogP contribution in [0.25, 0.3) is 0 Å². The van der Waals surface area contributed by atoms with Gasteiger partial charge in [-0.3, -0.25) is 0 Å². The molecule has 0 saturated carbocycles. The minimum Gasteiger partial charge on any atom is -0.248 e. The number of hydrogen-bond acceptors (Lipinski definition) is 4. The molecule has 0 aromatic carbocycles. The molecule has 0 atom stereocenters. The standard InChI is InChI=1S/C32H8F28N4/c33-21(34,25(41,42)29(49,50)51)17-9-1-2-10(61-9)18(22(35,36)26(43,44)30(52,53)54)12-5-6-14(63-12)20(24(39,40)28(47,48)32(58,59)60)16-8-7-15(64-16)19(13-4-3-11(17)62-13)23(37,38)27(45,46)31(55,56)57/h1-8H. The summed E-state index contributed by atoms with van der Waals surface area (Å²) in [5.74, 6) is -58.5. The van der Waals surface area contributed by atoms with E-state index in [1.807, 2.05) is 0 Å². The van der Waals surface area contributed by atoms with E-state index in [1.54, 1.807) is 0 Å². The first-order valence-electron chi connectivity index (χ1n) is 15.7. The molecule has 0 N–H and O–H groups in total. The fourth-order valence-corrected chi connectivity index (χ4v) is 5.71. The van der Waals surface area contributed by atoms with Gasteiger partial charge in [-0.05, 0) is 48.6 Å². The van der Waals surface area contributed by atoms with E-state index in [4.69, 9.17) is 0 Å². The summed E-state index contributed by atoms with van der Waals surface area (Å²) in [6.45, 7) is 0. The van der Waals surface area contributed by atoms with Gasteiger partial charge in [0.2, 0.25) is 0 Å². The fourth-order valence-electron chi connectivity index (χ4n) is 5.71. The smallest absolute Gasteiger partial charge is 0.248 e. The van der Waals surface area contributed by atoms with Gasteiger partial charge in [0.25, 0.3) is 0 Å². The predicted octanol–water partition coefficient (Wildman–Crippen LogP) is 12.4. The first-order valence-corrected chi connectivity index (χ1v) is 15.7. The molecule has 0 radical (unpaired) electrons. The number of hydrogen-bond donors (Lipinski definition) is 0. The van der Waals surface area contributed by atoms with E-state index in [-0.39, 0.29) is 0 Å². The average Bonchev–Trinajstić information content (AvgIpc) is 3.93. The highest BCUT2D eigenvalue weighted by Crippen LogP contribution is 2.57. The predicted molar refractivity (Wildman–Crippen MR) is 158 cm³/mol. The molecule has 0 aromatic heterocycles. The minimum atomic E-state index is -7.53. The molecule has 5 rings (SSSR count). The van der Waals surface area contributed by atoms with Gasteiger partial charge >= 0.3 is 72.1 Å². The molecule has 0 spiro atoms. The second-order valence-corrected chi connectivity index (χ2v) is 12.9. The summed E-state index contributed by atoms with van der Waals surface area (Å²) in [5, 5.41) is 0. The third-order valence-corrected chi connectivity index (χ3v) is 8.87. The van der Waals surface area contributed by atoms with Gasteiger partial charge in [-0.1, -0.05) is 0 Å². The summed E-state index contributed by atoms with van der Waals surface area (Å²) in [6, 6.07) is 0. The number of alkyl halides is 28. The maximum atomic E-state index is 15.6. The van der Waals surface area contributed by atoms with Crippen molar-refractivity contribution in [3.8, 4) is 0 Å². The number of aliphatic imine (C=N–C) groups is 4. The molecule has 0 fully saturated rings. The van der Waals surface area contributed by atoms with E-state index < -0.39 is 189 Å². The van der Waals surface area contributed by atoms with Gasteiger partial charge in [-0.25, -0.2) is 20.0 Å². The number of allylic oxidation sites excluding steroid dienone is 12. The maximum Gasteiger partial charge on any atom is 0.460 e. The highest BCUT2D eigenvalue weighted by molar-refractivity contribution is 6.20. The normalized spacial score (nSPS) is 20.1. The van der Waals surface area contributed by atoms with Crippen LogP contribution >= 0.6 is 0 Å². The molecule has 0 saturated heterocycles. The van der Waals surface area contributed by atoms with Crippen LogP contribution < -0.4 is 0 Å². The third-order valence-electron chi connectivity index (χ3n) is 8.87. The summed E-state index contributed by atoms with van der Waals surface area (Å²) >= 11 is 0. The van der Waals surface area contributed by atoms with Gasteiger partial charge in [0.1, 0.15) is 0 Å². The van der Waals surface area contributed by atoms with Gasteiger partial charge in [-0.2, -0.15) is 123 Å². The molecule has 32 heteroatoms. The van der Waals surface area contributed by atoms with Crippen LogP contribution in [0.5, 0.6) is 0 Å². The fraction of sp³-hybridized carbons (Fsp3) is 0.375. The van der Waals surface area contributed by atoms with Crippen LogP contribution in [-0.4, -0.2) is 94.9 Å². The van der Waals surface area contributed by atoms with Crippen LogP contribution in [0.4, 0.5) is 123 Å². The quantitative estimate of drug-likeness (QED) is 0.218. The molecular weight excluding hydrogens is 972 g/mol. The number of nitrogens with zero attached hydrogens (tertiary/aromatic N) is 4. The molecule has 5 heterocycles. The molecule has 5 aliphatic heterocycles. The van der Waals surface area contributed by atoms with E-state index in [0.717, 1.165) is 0 Å². The lowest BCUT2D eigenvalue weighted by Gasteiger charge is -2.31. The van der Waals surface area contributed by atoms with Crippen molar-refractivity contribution in [2.45, 2.75) is 72.1 Å². The van der Waals surface area contributed by atoms with Gasteiger partial charge < -0.3 is 0 Å². The second kappa shape index (κ2) is 14.1. The van der Waals surface area contributed by atoms with E-state index in [9.17, 15) is 87.8 Å². The van der Waals surface area contributed by atoms with Crippen LogP contribution in [0.2, 0.25) is 0 Å². The Bertz CT molecular complexity index is 2090. The second-order valence-electron chi connectivity index (χ2n) is 12.9. The largest absolute Gasteiger partial charge is 0.460 e. The first-order chi connectivity index (χ1) is 28.4. The molecule has 0 unspecified atom stereocenters. The van der Waals surface area contributed by atoms with E-state index in [1.165, 1.54) is 0 Å². The zero-order valence-corrected chi connectivity index (χ0v) is 29.0. The maximum absolute atomic E-state index is 15.6. The molecule has 352 valence electrons. The van der Waals surface area contributed by atoms with Crippen molar-refractivity contribution in [3.05, 3.63) is 93.7 Å². The lowest BCUT2D eigenvalue weighted by molar-refractivity contribution is -0.343. The van der Waals surface area contributed by atoms with Gasteiger partial charge in [0.05, 0.1) is 67.9 Å². The van der Waals surface area contributed by atoms with Crippen LogP contribution in [0.15, 0.2) is 114 Å². The Labute approximate surface area is 332 Å². The topological polar surface area (TPSA) is 49.4 Å². The summed E-state index contributed by atoms with van der Waals surface area (Å²) in [7, 11) is 0. The number of halogens is 28. The molecule has 64 heavy (non-hydrogen) atoms. The molecule has 0 aliphatic carbocycles. The Hall–Kier alpha value is -5.36. The van der Waals surface area contributed by atoms with Crippen molar-refractivity contribution in [2.24, 2.45) is 20.0 Å². The Morgan fingerprint density at radius 1 is 0.219 bits per heavy atom. The summed E-state index contributed by atoms with van der Waals surface area (Å²) in [5.41, 5.74) is -32.7. The zero-order valence-electron chi connectivity index (χ0n) is 29.0. The lowest BCUT2D eigenvalue weighted by atomic mass is 9.95. The van der Waals surface area contributed by atoms with Crippen LogP contribution in [0.1, 0.15) is 0 Å². The number of rotatable bonds is 8. The van der Waals surface area contributed by atoms with E-state index in [0.29, 0.717) is 0 Å². The third kappa shape index (κ3) is 6.97. The van der Waals surface area contributed by atoms with Crippen LogP contribution in [0.3, 0.4) is 0 Å². The Kier molecular flexibility index (Phi) is 10.9. The van der Waals surface area contributed by atoms with E-state index >= 15 is 35.1 Å². The first kappa shape index (κ1) is 49.7. The molecule has 8 bridgehead atoms. The highest BCUT2D eigenvalue weighted by Gasteiger charge is 2.79. The Morgan fingerprint density at radius 3 is 0.484 bits per heavy atom.